The van der Waals surface area contributed by atoms with Crippen molar-refractivity contribution in [2.75, 3.05) is 19.6 Å². The van der Waals surface area contributed by atoms with Crippen molar-refractivity contribution in [3.8, 4) is 0 Å². The zero-order valence-electron chi connectivity index (χ0n) is 14.8. The Kier molecular flexibility index (Phi) is 5.82. The number of aromatic nitrogens is 1. The van der Waals surface area contributed by atoms with E-state index in [-0.39, 0.29) is 17.3 Å². The van der Waals surface area contributed by atoms with Crippen molar-refractivity contribution in [1.82, 2.24) is 9.47 Å². The maximum atomic E-state index is 11.8. The van der Waals surface area contributed by atoms with Gasteiger partial charge in [0.15, 0.2) is 0 Å². The molecule has 0 amide bonds. The summed E-state index contributed by atoms with van der Waals surface area (Å²) >= 11 is 1.32. The number of fused-ring (bicyclic) bond motifs is 1. The molecule has 0 radical (unpaired) electrons. The van der Waals surface area contributed by atoms with Gasteiger partial charge < -0.3 is 10.3 Å². The van der Waals surface area contributed by atoms with Gasteiger partial charge in [0.2, 0.25) is 0 Å². The van der Waals surface area contributed by atoms with Gasteiger partial charge in [-0.25, -0.2) is 0 Å². The first-order valence-corrected chi connectivity index (χ1v) is 9.53. The van der Waals surface area contributed by atoms with Gasteiger partial charge in [0, 0.05) is 32.6 Å². The molecule has 0 saturated carbocycles. The van der Waals surface area contributed by atoms with Gasteiger partial charge in [-0.1, -0.05) is 47.7 Å². The molecule has 1 saturated heterocycles. The predicted octanol–water partition coefficient (Wildman–Crippen LogP) is 3.20. The summed E-state index contributed by atoms with van der Waals surface area (Å²) in [5, 5.41) is 0. The van der Waals surface area contributed by atoms with E-state index in [1.54, 1.807) is 4.57 Å². The maximum absolute atomic E-state index is 11.8. The highest BCUT2D eigenvalue weighted by molar-refractivity contribution is 7.16. The van der Waals surface area contributed by atoms with E-state index in [0.717, 1.165) is 36.4 Å². The Morgan fingerprint density at radius 2 is 1.92 bits per heavy atom. The van der Waals surface area contributed by atoms with Crippen LogP contribution in [0.3, 0.4) is 0 Å². The summed E-state index contributed by atoms with van der Waals surface area (Å²) in [6.07, 6.45) is 0. The van der Waals surface area contributed by atoms with E-state index in [1.807, 2.05) is 7.05 Å². The normalized spacial score (nSPS) is 20.4. The van der Waals surface area contributed by atoms with E-state index in [2.05, 4.69) is 53.4 Å². The van der Waals surface area contributed by atoms with Gasteiger partial charge in [-0.15, -0.1) is 12.4 Å². The van der Waals surface area contributed by atoms with Crippen molar-refractivity contribution < 1.29 is 0 Å². The molecule has 138 valence electrons. The summed E-state index contributed by atoms with van der Waals surface area (Å²) in [6.45, 7) is 3.69. The number of halogens is 1. The van der Waals surface area contributed by atoms with Crippen LogP contribution in [0.2, 0.25) is 0 Å². The van der Waals surface area contributed by atoms with E-state index in [4.69, 9.17) is 5.73 Å². The van der Waals surface area contributed by atoms with Gasteiger partial charge in [-0.3, -0.25) is 9.69 Å². The summed E-state index contributed by atoms with van der Waals surface area (Å²) in [6, 6.07) is 17.1. The van der Waals surface area contributed by atoms with Gasteiger partial charge in [-0.2, -0.15) is 0 Å². The SMILES string of the molecule is Cl.Cn1c(=O)sc2cc(CN3C[C@@H](CN)[C@H](c4ccccc4)C3)ccc21. The van der Waals surface area contributed by atoms with Gasteiger partial charge in [0.1, 0.15) is 0 Å². The van der Waals surface area contributed by atoms with Crippen LogP contribution >= 0.6 is 23.7 Å². The van der Waals surface area contributed by atoms with Crippen molar-refractivity contribution in [1.29, 1.82) is 0 Å². The molecule has 1 aliphatic rings. The molecule has 6 heteroatoms. The largest absolute Gasteiger partial charge is 0.330 e. The third kappa shape index (κ3) is 3.58. The van der Waals surface area contributed by atoms with E-state index in [1.165, 1.54) is 22.5 Å². The van der Waals surface area contributed by atoms with Crippen LogP contribution in [0.5, 0.6) is 0 Å². The van der Waals surface area contributed by atoms with Gasteiger partial charge in [0.05, 0.1) is 10.2 Å². The molecule has 2 heterocycles. The smallest absolute Gasteiger partial charge is 0.307 e. The van der Waals surface area contributed by atoms with Crippen LogP contribution in [0.1, 0.15) is 17.0 Å². The Morgan fingerprint density at radius 3 is 2.65 bits per heavy atom. The molecular formula is C20H24ClN3OS. The van der Waals surface area contributed by atoms with E-state index >= 15 is 0 Å². The molecule has 0 aliphatic carbocycles. The van der Waals surface area contributed by atoms with Gasteiger partial charge in [-0.05, 0) is 35.7 Å². The number of thiazole rings is 1. The van der Waals surface area contributed by atoms with Gasteiger partial charge in [0.25, 0.3) is 0 Å². The minimum absolute atomic E-state index is 0. The van der Waals surface area contributed by atoms with Crippen LogP contribution < -0.4 is 10.6 Å². The van der Waals surface area contributed by atoms with Crippen LogP contribution in [0.4, 0.5) is 0 Å². The molecule has 2 aromatic carbocycles. The van der Waals surface area contributed by atoms with Crippen molar-refractivity contribution in [2.45, 2.75) is 12.5 Å². The first-order chi connectivity index (χ1) is 12.2. The summed E-state index contributed by atoms with van der Waals surface area (Å²) in [5.74, 6) is 1.00. The highest BCUT2D eigenvalue weighted by atomic mass is 35.5. The van der Waals surface area contributed by atoms with Crippen LogP contribution in [-0.2, 0) is 13.6 Å². The first kappa shape index (κ1) is 19.1. The van der Waals surface area contributed by atoms with Crippen molar-refractivity contribution in [3.05, 3.63) is 69.3 Å². The van der Waals surface area contributed by atoms with Crippen LogP contribution in [0.25, 0.3) is 10.2 Å². The molecule has 4 rings (SSSR count). The standard InChI is InChI=1S/C20H23N3OS.ClH/c1-22-18-8-7-14(9-19(18)25-20(22)24)11-23-12-16(10-21)17(13-23)15-5-3-2-4-6-15;/h2-9,16-17H,10-13,21H2,1H3;1H/t16-,17+;/m1./s1. The van der Waals surface area contributed by atoms with Crippen molar-refractivity contribution in [3.63, 3.8) is 0 Å². The molecule has 26 heavy (non-hydrogen) atoms. The Morgan fingerprint density at radius 1 is 1.15 bits per heavy atom. The number of rotatable bonds is 4. The zero-order valence-corrected chi connectivity index (χ0v) is 16.4. The second-order valence-electron chi connectivity index (χ2n) is 6.94. The molecular weight excluding hydrogens is 366 g/mol. The summed E-state index contributed by atoms with van der Waals surface area (Å²) < 4.78 is 2.79. The van der Waals surface area contributed by atoms with Crippen LogP contribution in [0.15, 0.2) is 53.3 Å². The highest BCUT2D eigenvalue weighted by Crippen LogP contribution is 2.33. The lowest BCUT2D eigenvalue weighted by Crippen LogP contribution is -2.23. The highest BCUT2D eigenvalue weighted by Gasteiger charge is 2.32. The lowest BCUT2D eigenvalue weighted by molar-refractivity contribution is 0.317. The monoisotopic (exact) mass is 389 g/mol. The number of nitrogens with zero attached hydrogens (tertiary/aromatic N) is 2. The van der Waals surface area contributed by atoms with Crippen molar-refractivity contribution >= 4 is 34.0 Å². The minimum Gasteiger partial charge on any atom is -0.330 e. The average molecular weight is 390 g/mol. The zero-order chi connectivity index (χ0) is 17.4. The first-order valence-electron chi connectivity index (χ1n) is 8.71. The molecule has 0 spiro atoms. The topological polar surface area (TPSA) is 51.3 Å². The molecule has 2 N–H and O–H groups in total. The Labute approximate surface area is 163 Å². The lowest BCUT2D eigenvalue weighted by atomic mass is 9.89. The minimum atomic E-state index is 0. The third-order valence-electron chi connectivity index (χ3n) is 5.31. The fourth-order valence-corrected chi connectivity index (χ4v) is 4.88. The number of hydrogen-bond donors (Lipinski definition) is 1. The van der Waals surface area contributed by atoms with E-state index in [9.17, 15) is 4.79 Å². The quantitative estimate of drug-likeness (QED) is 0.745. The Balaban J connectivity index is 0.00000196. The molecule has 0 unspecified atom stereocenters. The predicted molar refractivity (Wildman–Crippen MR) is 111 cm³/mol. The van der Waals surface area contributed by atoms with Crippen LogP contribution in [0, 0.1) is 5.92 Å². The number of hydrogen-bond acceptors (Lipinski definition) is 4. The third-order valence-corrected chi connectivity index (χ3v) is 6.31. The molecule has 2 atom stereocenters. The summed E-state index contributed by atoms with van der Waals surface area (Å²) in [5.41, 5.74) is 9.71. The Bertz CT molecular complexity index is 937. The maximum Gasteiger partial charge on any atom is 0.307 e. The van der Waals surface area contributed by atoms with Gasteiger partial charge >= 0.3 is 4.87 Å². The summed E-state index contributed by atoms with van der Waals surface area (Å²) in [7, 11) is 1.83. The molecule has 4 nitrogen and oxygen atoms in total. The molecule has 1 aromatic heterocycles. The second kappa shape index (κ2) is 7.92. The molecule has 0 bridgehead atoms. The Hall–Kier alpha value is -1.66. The molecule has 1 fully saturated rings. The lowest BCUT2D eigenvalue weighted by Gasteiger charge is -2.17. The van der Waals surface area contributed by atoms with Crippen LogP contribution in [-0.4, -0.2) is 29.1 Å². The fraction of sp³-hybridized carbons (Fsp3) is 0.350. The summed E-state index contributed by atoms with van der Waals surface area (Å²) in [4.78, 5) is 14.4. The number of nitrogens with two attached hydrogens (primary N) is 1. The van der Waals surface area contributed by atoms with E-state index in [0.29, 0.717) is 11.8 Å². The fourth-order valence-electron chi connectivity index (χ4n) is 3.94. The number of likely N-dealkylation sites (tertiary alicyclic amines) is 1. The number of benzene rings is 2. The second-order valence-corrected chi connectivity index (χ2v) is 7.93. The average Bonchev–Trinajstić information content (AvgIpc) is 3.16. The van der Waals surface area contributed by atoms with Crippen molar-refractivity contribution in [2.24, 2.45) is 18.7 Å². The molecule has 1 aliphatic heterocycles. The van der Waals surface area contributed by atoms with E-state index < -0.39 is 0 Å². The molecule has 3 aromatic rings. The number of aryl methyl sites for hydroxylation is 1.